The van der Waals surface area contributed by atoms with Crippen molar-refractivity contribution in [1.29, 1.82) is 0 Å². The molecule has 33 heavy (non-hydrogen) atoms. The van der Waals surface area contributed by atoms with Crippen molar-refractivity contribution in [2.45, 2.75) is 19.5 Å². The Balaban J connectivity index is 1.39. The molecule has 10 nitrogen and oxygen atoms in total. The molecule has 0 aliphatic carbocycles. The Kier molecular flexibility index (Phi) is 5.41. The number of halogens is 1. The van der Waals surface area contributed by atoms with Gasteiger partial charge in [0.1, 0.15) is 5.82 Å². The van der Waals surface area contributed by atoms with Crippen LogP contribution in [-0.4, -0.2) is 70.1 Å². The van der Waals surface area contributed by atoms with Gasteiger partial charge in [0.15, 0.2) is 11.6 Å². The molecule has 1 unspecified atom stereocenters. The third-order valence-corrected chi connectivity index (χ3v) is 7.34. The molecule has 1 saturated heterocycles. The topological polar surface area (TPSA) is 108 Å². The molecule has 3 aromatic rings. The number of fused-ring (bicyclic) bond motifs is 1. The average molecular weight is 471 g/mol. The van der Waals surface area contributed by atoms with Crippen molar-refractivity contribution in [1.82, 2.24) is 29.2 Å². The van der Waals surface area contributed by atoms with E-state index in [0.717, 1.165) is 11.3 Å². The van der Waals surface area contributed by atoms with E-state index >= 15 is 0 Å². The molecule has 0 N–H and O–H groups in total. The summed E-state index contributed by atoms with van der Waals surface area (Å²) in [5, 5.41) is 0. The van der Waals surface area contributed by atoms with Gasteiger partial charge in [-0.15, -0.1) is 0 Å². The molecule has 0 spiro atoms. The minimum absolute atomic E-state index is 0.0880. The molecule has 1 atom stereocenters. The monoisotopic (exact) mass is 470 g/mol. The lowest BCUT2D eigenvalue weighted by atomic mass is 10.1. The maximum absolute atomic E-state index is 14.5. The van der Waals surface area contributed by atoms with E-state index in [0.29, 0.717) is 55.9 Å². The van der Waals surface area contributed by atoms with Crippen LogP contribution in [0, 0.1) is 5.95 Å². The number of piperazine rings is 1. The maximum Gasteiger partial charge on any atom is 0.216 e. The Morgan fingerprint density at radius 1 is 1.00 bits per heavy atom. The largest absolute Gasteiger partial charge is 0.369 e. The third-order valence-electron chi connectivity index (χ3n) is 6.04. The fraction of sp³-hybridized carbons (Fsp3) is 0.381. The second kappa shape index (κ2) is 8.27. The first-order valence-electron chi connectivity index (χ1n) is 10.6. The number of sulfonamides is 1. The van der Waals surface area contributed by atoms with E-state index in [2.05, 4.69) is 24.9 Å². The van der Waals surface area contributed by atoms with E-state index in [-0.39, 0.29) is 6.04 Å². The summed E-state index contributed by atoms with van der Waals surface area (Å²) in [7, 11) is -3.23. The lowest BCUT2D eigenvalue weighted by Crippen LogP contribution is -2.48. The van der Waals surface area contributed by atoms with E-state index in [1.165, 1.54) is 16.6 Å². The fourth-order valence-electron chi connectivity index (χ4n) is 4.25. The molecule has 0 aromatic carbocycles. The van der Waals surface area contributed by atoms with Crippen LogP contribution in [0.5, 0.6) is 0 Å². The van der Waals surface area contributed by atoms with Crippen LogP contribution < -0.4 is 9.80 Å². The zero-order valence-corrected chi connectivity index (χ0v) is 19.1. The average Bonchev–Trinajstić information content (AvgIpc) is 3.14. The Bertz CT molecular complexity index is 1280. The summed E-state index contributed by atoms with van der Waals surface area (Å²) in [5.74, 6) is 0.810. The molecule has 2 aliphatic rings. The molecular weight excluding hydrogens is 447 g/mol. The molecular formula is C21H23FN8O2S. The van der Waals surface area contributed by atoms with Crippen molar-refractivity contribution in [3.63, 3.8) is 0 Å². The van der Waals surface area contributed by atoms with Crippen LogP contribution >= 0.6 is 0 Å². The second-order valence-corrected chi connectivity index (χ2v) is 10.1. The van der Waals surface area contributed by atoms with Crippen LogP contribution in [0.15, 0.2) is 36.8 Å². The van der Waals surface area contributed by atoms with Crippen LogP contribution in [0.25, 0.3) is 11.6 Å². The number of hydrogen-bond donors (Lipinski definition) is 0. The highest BCUT2D eigenvalue weighted by atomic mass is 32.2. The lowest BCUT2D eigenvalue weighted by Gasteiger charge is -2.35. The van der Waals surface area contributed by atoms with Gasteiger partial charge in [-0.25, -0.2) is 33.3 Å². The van der Waals surface area contributed by atoms with Crippen molar-refractivity contribution in [3.8, 4) is 11.6 Å². The van der Waals surface area contributed by atoms with Gasteiger partial charge in [-0.2, -0.15) is 8.70 Å². The van der Waals surface area contributed by atoms with Crippen LogP contribution in [-0.2, 0) is 16.6 Å². The molecule has 5 rings (SSSR count). The van der Waals surface area contributed by atoms with Crippen LogP contribution in [0.1, 0.15) is 24.2 Å². The van der Waals surface area contributed by atoms with Gasteiger partial charge in [-0.1, -0.05) is 0 Å². The van der Waals surface area contributed by atoms with E-state index in [1.54, 1.807) is 24.7 Å². The van der Waals surface area contributed by atoms with Crippen molar-refractivity contribution >= 4 is 21.5 Å². The van der Waals surface area contributed by atoms with Crippen LogP contribution in [0.2, 0.25) is 0 Å². The molecule has 3 aromatic heterocycles. The third kappa shape index (κ3) is 4.23. The van der Waals surface area contributed by atoms with E-state index in [4.69, 9.17) is 0 Å². The predicted octanol–water partition coefficient (Wildman–Crippen LogP) is 1.63. The molecule has 2 aliphatic heterocycles. The second-order valence-electron chi connectivity index (χ2n) is 8.13. The quantitative estimate of drug-likeness (QED) is 0.526. The first kappa shape index (κ1) is 21.6. The zero-order chi connectivity index (χ0) is 23.2. The normalized spacial score (nSPS) is 19.1. The van der Waals surface area contributed by atoms with E-state index in [1.807, 2.05) is 22.8 Å². The minimum atomic E-state index is -3.23. The summed E-state index contributed by atoms with van der Waals surface area (Å²) in [5.41, 5.74) is 2.46. The molecule has 12 heteroatoms. The summed E-state index contributed by atoms with van der Waals surface area (Å²) < 4.78 is 39.5. The van der Waals surface area contributed by atoms with Gasteiger partial charge >= 0.3 is 0 Å². The Morgan fingerprint density at radius 3 is 2.42 bits per heavy atom. The van der Waals surface area contributed by atoms with E-state index < -0.39 is 16.0 Å². The van der Waals surface area contributed by atoms with Gasteiger partial charge in [0.25, 0.3) is 0 Å². The minimum Gasteiger partial charge on any atom is -0.369 e. The molecule has 0 amide bonds. The summed E-state index contributed by atoms with van der Waals surface area (Å²) in [6.07, 6.45) is 6.25. The highest BCUT2D eigenvalue weighted by Crippen LogP contribution is 2.37. The van der Waals surface area contributed by atoms with Gasteiger partial charge in [0.2, 0.25) is 16.0 Å². The van der Waals surface area contributed by atoms with Crippen molar-refractivity contribution in [2.24, 2.45) is 0 Å². The van der Waals surface area contributed by atoms with Gasteiger partial charge in [-0.05, 0) is 13.0 Å². The number of rotatable bonds is 4. The first-order chi connectivity index (χ1) is 15.8. The van der Waals surface area contributed by atoms with Gasteiger partial charge < -0.3 is 9.80 Å². The highest BCUT2D eigenvalue weighted by molar-refractivity contribution is 7.88. The highest BCUT2D eigenvalue weighted by Gasteiger charge is 2.31. The summed E-state index contributed by atoms with van der Waals surface area (Å²) in [6.45, 7) is 4.16. The van der Waals surface area contributed by atoms with E-state index in [9.17, 15) is 12.8 Å². The Morgan fingerprint density at radius 2 is 1.73 bits per heavy atom. The standard InChI is InChI=1S/C21H23FN8O2S/c1-14-16-12-25-21(20-23-4-3-5-24-20)26-17(16)13-30(14)19-11-15(10-18(22)27-19)28-6-8-29(9-7-28)33(2,31)32/h3-5,10-12,14H,6-9,13H2,1-2H3. The molecule has 0 saturated carbocycles. The smallest absolute Gasteiger partial charge is 0.216 e. The molecule has 5 heterocycles. The number of anilines is 2. The van der Waals surface area contributed by atoms with Gasteiger partial charge in [-0.3, -0.25) is 0 Å². The molecule has 0 bridgehead atoms. The zero-order valence-electron chi connectivity index (χ0n) is 18.3. The lowest BCUT2D eigenvalue weighted by molar-refractivity contribution is 0.387. The molecule has 172 valence electrons. The van der Waals surface area contributed by atoms with Gasteiger partial charge in [0.05, 0.1) is 24.5 Å². The van der Waals surface area contributed by atoms with Crippen LogP contribution in [0.3, 0.4) is 0 Å². The number of pyridine rings is 1. The molecule has 0 radical (unpaired) electrons. The van der Waals surface area contributed by atoms with Gasteiger partial charge in [0, 0.05) is 68.2 Å². The maximum atomic E-state index is 14.5. The summed E-state index contributed by atoms with van der Waals surface area (Å²) in [6, 6.07) is 4.87. The molecule has 1 fully saturated rings. The summed E-state index contributed by atoms with van der Waals surface area (Å²) in [4.78, 5) is 25.6. The Labute approximate surface area is 191 Å². The van der Waals surface area contributed by atoms with Crippen molar-refractivity contribution < 1.29 is 12.8 Å². The van der Waals surface area contributed by atoms with Crippen LogP contribution in [0.4, 0.5) is 15.9 Å². The summed E-state index contributed by atoms with van der Waals surface area (Å²) >= 11 is 0. The first-order valence-corrected chi connectivity index (χ1v) is 12.4. The fourth-order valence-corrected chi connectivity index (χ4v) is 5.07. The van der Waals surface area contributed by atoms with Crippen molar-refractivity contribution in [2.75, 3.05) is 42.2 Å². The predicted molar refractivity (Wildman–Crippen MR) is 120 cm³/mol. The number of hydrogen-bond acceptors (Lipinski definition) is 9. The number of nitrogens with zero attached hydrogens (tertiary/aromatic N) is 8. The Hall–Kier alpha value is -3.25. The SMILES string of the molecule is CC1c2cnc(-c3ncccn3)nc2CN1c1cc(N2CCN(S(C)(=O)=O)CC2)cc(F)n1. The van der Waals surface area contributed by atoms with Crippen molar-refractivity contribution in [3.05, 3.63) is 54.0 Å². The number of aromatic nitrogens is 5.